The number of anilines is 3. The third-order valence-electron chi connectivity index (χ3n) is 4.78. The molecule has 32 heavy (non-hydrogen) atoms. The van der Waals surface area contributed by atoms with E-state index in [1.54, 1.807) is 24.3 Å². The fourth-order valence-electron chi connectivity index (χ4n) is 3.34. The normalized spacial score (nSPS) is 13.5. The minimum absolute atomic E-state index is 0.00166. The van der Waals surface area contributed by atoms with Crippen molar-refractivity contribution in [1.82, 2.24) is 0 Å². The van der Waals surface area contributed by atoms with Crippen molar-refractivity contribution < 1.29 is 23.2 Å². The maximum atomic E-state index is 13.4. The average Bonchev–Trinajstić information content (AvgIpc) is 3.00. The van der Waals surface area contributed by atoms with Gasteiger partial charge in [-0.05, 0) is 66.2 Å². The van der Waals surface area contributed by atoms with Gasteiger partial charge in [-0.15, -0.1) is 0 Å². The quantitative estimate of drug-likeness (QED) is 0.588. The van der Waals surface area contributed by atoms with Gasteiger partial charge in [-0.1, -0.05) is 12.1 Å². The molecule has 0 saturated carbocycles. The maximum absolute atomic E-state index is 13.4. The van der Waals surface area contributed by atoms with Gasteiger partial charge >= 0.3 is 0 Å². The second-order valence-electron chi connectivity index (χ2n) is 7.06. The van der Waals surface area contributed by atoms with E-state index >= 15 is 0 Å². The molecule has 0 unspecified atom stereocenters. The minimum Gasteiger partial charge on any atom is -0.350 e. The van der Waals surface area contributed by atoms with E-state index in [2.05, 4.69) is 10.6 Å². The fourth-order valence-corrected chi connectivity index (χ4v) is 3.34. The second-order valence-corrected chi connectivity index (χ2v) is 7.06. The summed E-state index contributed by atoms with van der Waals surface area (Å²) in [6.45, 7) is 1.39. The number of imide groups is 1. The second kappa shape index (κ2) is 8.43. The van der Waals surface area contributed by atoms with Crippen LogP contribution in [0.25, 0.3) is 5.57 Å². The molecule has 8 heteroatoms. The van der Waals surface area contributed by atoms with E-state index < -0.39 is 23.4 Å². The predicted molar refractivity (Wildman–Crippen MR) is 117 cm³/mol. The van der Waals surface area contributed by atoms with E-state index in [1.807, 2.05) is 0 Å². The first-order chi connectivity index (χ1) is 15.3. The molecule has 3 aromatic carbocycles. The lowest BCUT2D eigenvalue weighted by molar-refractivity contribution is -0.120. The SMILES string of the molecule is CC(=O)Nc1ccc(NC2=C(c3ccc(F)cc3)C(=O)N(c3ccc(F)cc3)C2=O)cc1. The van der Waals surface area contributed by atoms with Gasteiger partial charge in [0.15, 0.2) is 0 Å². The Bertz CT molecular complexity index is 1230. The molecule has 0 fully saturated rings. The van der Waals surface area contributed by atoms with Crippen LogP contribution in [0.5, 0.6) is 0 Å². The molecule has 0 bridgehead atoms. The molecule has 4 rings (SSSR count). The number of nitrogens with one attached hydrogen (secondary N) is 2. The first kappa shape index (κ1) is 20.9. The lowest BCUT2D eigenvalue weighted by Gasteiger charge is -2.15. The molecule has 0 radical (unpaired) electrons. The van der Waals surface area contributed by atoms with Crippen molar-refractivity contribution in [2.45, 2.75) is 6.92 Å². The van der Waals surface area contributed by atoms with Crippen LogP contribution in [0, 0.1) is 11.6 Å². The van der Waals surface area contributed by atoms with Crippen molar-refractivity contribution in [2.75, 3.05) is 15.5 Å². The van der Waals surface area contributed by atoms with Gasteiger partial charge in [-0.3, -0.25) is 14.4 Å². The van der Waals surface area contributed by atoms with E-state index in [-0.39, 0.29) is 22.9 Å². The Morgan fingerprint density at radius 1 is 0.750 bits per heavy atom. The van der Waals surface area contributed by atoms with E-state index in [0.29, 0.717) is 16.9 Å². The smallest absolute Gasteiger partial charge is 0.282 e. The molecule has 0 aliphatic carbocycles. The molecule has 6 nitrogen and oxygen atoms in total. The highest BCUT2D eigenvalue weighted by Crippen LogP contribution is 2.34. The Labute approximate surface area is 182 Å². The number of amides is 3. The summed E-state index contributed by atoms with van der Waals surface area (Å²) in [7, 11) is 0. The standard InChI is InChI=1S/C24H17F2N3O3/c1-14(30)27-18-8-10-19(11-9-18)28-22-21(15-2-4-16(25)5-3-15)23(31)29(24(22)32)20-12-6-17(26)7-13-20/h2-13,28H,1H3,(H,27,30). The average molecular weight is 433 g/mol. The number of carbonyl (C=O) groups excluding carboxylic acids is 3. The maximum Gasteiger partial charge on any atom is 0.282 e. The highest BCUT2D eigenvalue weighted by atomic mass is 19.1. The molecule has 3 aromatic rings. The molecule has 0 saturated heterocycles. The van der Waals surface area contributed by atoms with Crippen molar-refractivity contribution in [1.29, 1.82) is 0 Å². The molecular weight excluding hydrogens is 416 g/mol. The molecule has 1 heterocycles. The molecular formula is C24H17F2N3O3. The molecule has 1 aliphatic rings. The van der Waals surface area contributed by atoms with Crippen LogP contribution < -0.4 is 15.5 Å². The van der Waals surface area contributed by atoms with Gasteiger partial charge in [0.1, 0.15) is 17.3 Å². The Kier molecular flexibility index (Phi) is 5.51. The van der Waals surface area contributed by atoms with E-state index in [4.69, 9.17) is 0 Å². The molecule has 160 valence electrons. The predicted octanol–water partition coefficient (Wildman–Crippen LogP) is 4.32. The van der Waals surface area contributed by atoms with Gasteiger partial charge in [0, 0.05) is 18.3 Å². The van der Waals surface area contributed by atoms with E-state index in [1.165, 1.54) is 43.3 Å². The summed E-state index contributed by atoms with van der Waals surface area (Å²) in [4.78, 5) is 38.6. The summed E-state index contributed by atoms with van der Waals surface area (Å²) < 4.78 is 26.8. The Hall–Kier alpha value is -4.33. The van der Waals surface area contributed by atoms with Crippen molar-refractivity contribution in [3.05, 3.63) is 95.7 Å². The van der Waals surface area contributed by atoms with E-state index in [9.17, 15) is 23.2 Å². The van der Waals surface area contributed by atoms with Crippen molar-refractivity contribution in [3.8, 4) is 0 Å². The number of hydrogen-bond acceptors (Lipinski definition) is 4. The zero-order valence-corrected chi connectivity index (χ0v) is 16.9. The third-order valence-corrected chi connectivity index (χ3v) is 4.78. The Balaban J connectivity index is 1.74. The lowest BCUT2D eigenvalue weighted by Crippen LogP contribution is -2.32. The molecule has 1 aliphatic heterocycles. The van der Waals surface area contributed by atoms with Crippen LogP contribution in [0.2, 0.25) is 0 Å². The zero-order chi connectivity index (χ0) is 22.8. The first-order valence-electron chi connectivity index (χ1n) is 9.63. The van der Waals surface area contributed by atoms with Crippen LogP contribution in [-0.2, 0) is 14.4 Å². The van der Waals surface area contributed by atoms with Crippen molar-refractivity contribution >= 4 is 40.4 Å². The summed E-state index contributed by atoms with van der Waals surface area (Å²) in [6, 6.07) is 16.7. The summed E-state index contributed by atoms with van der Waals surface area (Å²) in [5.41, 5.74) is 1.68. The Morgan fingerprint density at radius 3 is 1.84 bits per heavy atom. The Morgan fingerprint density at radius 2 is 1.28 bits per heavy atom. The number of hydrogen-bond donors (Lipinski definition) is 2. The number of nitrogens with zero attached hydrogens (tertiary/aromatic N) is 1. The third kappa shape index (κ3) is 4.11. The summed E-state index contributed by atoms with van der Waals surface area (Å²) in [6.07, 6.45) is 0. The van der Waals surface area contributed by atoms with Gasteiger partial charge in [0.2, 0.25) is 5.91 Å². The molecule has 2 N–H and O–H groups in total. The summed E-state index contributed by atoms with van der Waals surface area (Å²) in [5.74, 6) is -2.46. The highest BCUT2D eigenvalue weighted by molar-refractivity contribution is 6.46. The largest absolute Gasteiger partial charge is 0.350 e. The van der Waals surface area contributed by atoms with Gasteiger partial charge in [0.05, 0.1) is 11.3 Å². The lowest BCUT2D eigenvalue weighted by atomic mass is 10.0. The fraction of sp³-hybridized carbons (Fsp3) is 0.0417. The molecule has 0 atom stereocenters. The number of carbonyl (C=O) groups is 3. The minimum atomic E-state index is -0.633. The van der Waals surface area contributed by atoms with Crippen LogP contribution in [0.3, 0.4) is 0 Å². The van der Waals surface area contributed by atoms with Crippen LogP contribution in [0.1, 0.15) is 12.5 Å². The van der Waals surface area contributed by atoms with E-state index in [0.717, 1.165) is 17.0 Å². The van der Waals surface area contributed by atoms with Gasteiger partial charge < -0.3 is 10.6 Å². The summed E-state index contributed by atoms with van der Waals surface area (Å²) >= 11 is 0. The van der Waals surface area contributed by atoms with Gasteiger partial charge in [-0.25, -0.2) is 13.7 Å². The first-order valence-corrected chi connectivity index (χ1v) is 9.63. The number of rotatable bonds is 5. The van der Waals surface area contributed by atoms with Crippen LogP contribution in [0.4, 0.5) is 25.8 Å². The van der Waals surface area contributed by atoms with Gasteiger partial charge in [0.25, 0.3) is 11.8 Å². The highest BCUT2D eigenvalue weighted by Gasteiger charge is 2.40. The molecule has 0 spiro atoms. The van der Waals surface area contributed by atoms with Crippen molar-refractivity contribution in [3.63, 3.8) is 0 Å². The number of benzene rings is 3. The van der Waals surface area contributed by atoms with Gasteiger partial charge in [-0.2, -0.15) is 0 Å². The van der Waals surface area contributed by atoms with Crippen LogP contribution in [0.15, 0.2) is 78.5 Å². The zero-order valence-electron chi connectivity index (χ0n) is 16.9. The molecule has 3 amide bonds. The van der Waals surface area contributed by atoms with Crippen LogP contribution in [-0.4, -0.2) is 17.7 Å². The number of halogens is 2. The topological polar surface area (TPSA) is 78.5 Å². The molecule has 0 aromatic heterocycles. The van der Waals surface area contributed by atoms with Crippen molar-refractivity contribution in [2.24, 2.45) is 0 Å². The van der Waals surface area contributed by atoms with Crippen LogP contribution >= 0.6 is 0 Å². The monoisotopic (exact) mass is 433 g/mol. The summed E-state index contributed by atoms with van der Waals surface area (Å²) in [5, 5.41) is 5.60.